The molecule has 1 aliphatic rings. The standard InChI is InChI=1S/C24H28N4O4/c29-22(28-20(15-23(30)31)17-8-3-1-4-9-17)16-26-24(32)18-10-7-11-19(14-18)27-21-12-5-2-6-13-25-21/h1,3-4,7-11,14,20H,2,5-6,12-13,15-16H2,(H,25,27)(H,26,32)(H,28,29)(H,30,31). The van der Waals surface area contributed by atoms with Crippen LogP contribution in [0.5, 0.6) is 0 Å². The Kier molecular flexibility index (Phi) is 8.36. The lowest BCUT2D eigenvalue weighted by Gasteiger charge is -2.17. The smallest absolute Gasteiger partial charge is 0.305 e. The molecule has 1 atom stereocenters. The van der Waals surface area contributed by atoms with Gasteiger partial charge in [-0.05, 0) is 36.6 Å². The number of anilines is 1. The van der Waals surface area contributed by atoms with E-state index in [1.54, 1.807) is 42.5 Å². The molecule has 8 heteroatoms. The van der Waals surface area contributed by atoms with Gasteiger partial charge in [-0.3, -0.25) is 19.4 Å². The fourth-order valence-electron chi connectivity index (χ4n) is 3.50. The minimum atomic E-state index is -1.02. The van der Waals surface area contributed by atoms with Gasteiger partial charge in [-0.25, -0.2) is 0 Å². The lowest BCUT2D eigenvalue weighted by molar-refractivity contribution is -0.137. The monoisotopic (exact) mass is 436 g/mol. The van der Waals surface area contributed by atoms with Gasteiger partial charge in [0, 0.05) is 24.2 Å². The predicted molar refractivity (Wildman–Crippen MR) is 123 cm³/mol. The maximum absolute atomic E-state index is 12.5. The van der Waals surface area contributed by atoms with Crippen LogP contribution in [0.1, 0.15) is 54.1 Å². The van der Waals surface area contributed by atoms with Gasteiger partial charge in [0.05, 0.1) is 19.0 Å². The van der Waals surface area contributed by atoms with Crippen molar-refractivity contribution in [1.82, 2.24) is 10.6 Å². The number of nitrogens with one attached hydrogen (secondary N) is 3. The van der Waals surface area contributed by atoms with Crippen molar-refractivity contribution in [2.75, 3.05) is 18.4 Å². The summed E-state index contributed by atoms with van der Waals surface area (Å²) >= 11 is 0. The first-order chi connectivity index (χ1) is 15.5. The zero-order valence-corrected chi connectivity index (χ0v) is 17.8. The number of carboxylic acid groups (broad SMARTS) is 1. The van der Waals surface area contributed by atoms with Crippen molar-refractivity contribution in [3.05, 3.63) is 65.7 Å². The van der Waals surface area contributed by atoms with Crippen molar-refractivity contribution >= 4 is 29.3 Å². The van der Waals surface area contributed by atoms with Gasteiger partial charge in [-0.15, -0.1) is 0 Å². The van der Waals surface area contributed by atoms with Crippen LogP contribution in [0.15, 0.2) is 59.6 Å². The van der Waals surface area contributed by atoms with Gasteiger partial charge in [0.15, 0.2) is 0 Å². The van der Waals surface area contributed by atoms with Crippen LogP contribution in [-0.4, -0.2) is 41.8 Å². The Bertz CT molecular complexity index is 975. The van der Waals surface area contributed by atoms with Crippen LogP contribution in [0, 0.1) is 0 Å². The highest BCUT2D eigenvalue weighted by atomic mass is 16.4. The second-order valence-corrected chi connectivity index (χ2v) is 7.66. The number of hydrogen-bond donors (Lipinski definition) is 4. The molecule has 0 saturated carbocycles. The van der Waals surface area contributed by atoms with E-state index >= 15 is 0 Å². The minimum absolute atomic E-state index is 0.249. The van der Waals surface area contributed by atoms with E-state index in [-0.39, 0.29) is 18.9 Å². The molecule has 8 nitrogen and oxygen atoms in total. The van der Waals surface area contributed by atoms with E-state index < -0.39 is 17.9 Å². The van der Waals surface area contributed by atoms with Crippen LogP contribution >= 0.6 is 0 Å². The molecule has 0 saturated heterocycles. The minimum Gasteiger partial charge on any atom is -0.481 e. The predicted octanol–water partition coefficient (Wildman–Crippen LogP) is 3.13. The van der Waals surface area contributed by atoms with Gasteiger partial charge in [-0.2, -0.15) is 0 Å². The molecule has 2 aromatic rings. The van der Waals surface area contributed by atoms with Crippen LogP contribution in [0.4, 0.5) is 5.69 Å². The van der Waals surface area contributed by atoms with E-state index in [0.29, 0.717) is 11.1 Å². The molecule has 0 aliphatic carbocycles. The van der Waals surface area contributed by atoms with E-state index in [9.17, 15) is 14.4 Å². The average Bonchev–Trinajstić information content (AvgIpc) is 3.06. The molecule has 1 unspecified atom stereocenters. The first kappa shape index (κ1) is 23.0. The van der Waals surface area contributed by atoms with Crippen LogP contribution in [0.3, 0.4) is 0 Å². The third-order valence-electron chi connectivity index (χ3n) is 5.11. The fraction of sp³-hybridized carbons (Fsp3) is 0.333. The number of carbonyl (C=O) groups is 3. The highest BCUT2D eigenvalue weighted by Crippen LogP contribution is 2.17. The molecule has 4 N–H and O–H groups in total. The molecule has 0 fully saturated rings. The molecule has 0 spiro atoms. The number of nitrogens with zero attached hydrogens (tertiary/aromatic N) is 1. The number of aliphatic imine (C=N–C) groups is 1. The number of rotatable bonds is 8. The number of benzene rings is 2. The maximum atomic E-state index is 12.5. The molecule has 1 heterocycles. The summed E-state index contributed by atoms with van der Waals surface area (Å²) in [5, 5.41) is 17.7. The first-order valence-corrected chi connectivity index (χ1v) is 10.8. The number of hydrogen-bond acceptors (Lipinski definition) is 5. The summed E-state index contributed by atoms with van der Waals surface area (Å²) < 4.78 is 0. The molecule has 0 bridgehead atoms. The summed E-state index contributed by atoms with van der Waals surface area (Å²) in [5.41, 5.74) is 1.88. The van der Waals surface area contributed by atoms with Crippen molar-refractivity contribution in [1.29, 1.82) is 0 Å². The SMILES string of the molecule is O=C(O)CC(NC(=O)CNC(=O)c1cccc(NC2=NCCCCC2)c1)c1ccccc1. The van der Waals surface area contributed by atoms with Gasteiger partial charge in [0.25, 0.3) is 5.91 Å². The van der Waals surface area contributed by atoms with Crippen LogP contribution < -0.4 is 16.0 Å². The highest BCUT2D eigenvalue weighted by Gasteiger charge is 2.18. The lowest BCUT2D eigenvalue weighted by Crippen LogP contribution is -2.39. The molecular formula is C24H28N4O4. The summed E-state index contributed by atoms with van der Waals surface area (Å²) in [7, 11) is 0. The Hall–Kier alpha value is -3.68. The Morgan fingerprint density at radius 1 is 1.00 bits per heavy atom. The number of carbonyl (C=O) groups excluding carboxylic acids is 2. The van der Waals surface area contributed by atoms with Gasteiger partial charge in [0.2, 0.25) is 5.91 Å². The van der Waals surface area contributed by atoms with E-state index in [2.05, 4.69) is 20.9 Å². The Labute approximate surface area is 187 Å². The summed E-state index contributed by atoms with van der Waals surface area (Å²) in [4.78, 5) is 40.6. The Morgan fingerprint density at radius 3 is 2.59 bits per heavy atom. The van der Waals surface area contributed by atoms with Crippen molar-refractivity contribution in [2.24, 2.45) is 4.99 Å². The Morgan fingerprint density at radius 2 is 1.81 bits per heavy atom. The van der Waals surface area contributed by atoms with Crippen LogP contribution in [-0.2, 0) is 9.59 Å². The van der Waals surface area contributed by atoms with Crippen LogP contribution in [0.25, 0.3) is 0 Å². The molecule has 3 rings (SSSR count). The van der Waals surface area contributed by atoms with E-state index in [0.717, 1.165) is 43.8 Å². The molecule has 0 aromatic heterocycles. The molecule has 0 radical (unpaired) electrons. The van der Waals surface area contributed by atoms with E-state index in [4.69, 9.17) is 5.11 Å². The lowest BCUT2D eigenvalue weighted by atomic mass is 10.0. The van der Waals surface area contributed by atoms with Gasteiger partial charge < -0.3 is 21.1 Å². The average molecular weight is 437 g/mol. The molecule has 32 heavy (non-hydrogen) atoms. The highest BCUT2D eigenvalue weighted by molar-refractivity contribution is 5.99. The zero-order chi connectivity index (χ0) is 22.8. The maximum Gasteiger partial charge on any atom is 0.305 e. The summed E-state index contributed by atoms with van der Waals surface area (Å²) in [6.45, 7) is 0.551. The molecule has 1 aliphatic heterocycles. The number of carboxylic acids is 1. The topological polar surface area (TPSA) is 120 Å². The number of amides is 2. The quantitative estimate of drug-likeness (QED) is 0.507. The number of amidine groups is 1. The third-order valence-corrected chi connectivity index (χ3v) is 5.11. The van der Waals surface area contributed by atoms with Crippen molar-refractivity contribution < 1.29 is 19.5 Å². The summed E-state index contributed by atoms with van der Waals surface area (Å²) in [5.74, 6) is -0.952. The van der Waals surface area contributed by atoms with Crippen molar-refractivity contribution in [3.8, 4) is 0 Å². The molecule has 2 amide bonds. The van der Waals surface area contributed by atoms with Crippen molar-refractivity contribution in [3.63, 3.8) is 0 Å². The van der Waals surface area contributed by atoms with E-state index in [1.165, 1.54) is 0 Å². The van der Waals surface area contributed by atoms with Gasteiger partial charge in [0.1, 0.15) is 5.84 Å². The summed E-state index contributed by atoms with van der Waals surface area (Å²) in [6.07, 6.45) is 3.98. The normalized spacial score (nSPS) is 14.4. The summed E-state index contributed by atoms with van der Waals surface area (Å²) in [6, 6.07) is 15.2. The van der Waals surface area contributed by atoms with Crippen LogP contribution in [0.2, 0.25) is 0 Å². The largest absolute Gasteiger partial charge is 0.481 e. The van der Waals surface area contributed by atoms with E-state index in [1.807, 2.05) is 12.1 Å². The van der Waals surface area contributed by atoms with Crippen molar-refractivity contribution in [2.45, 2.75) is 38.1 Å². The molecule has 2 aromatic carbocycles. The molecule has 168 valence electrons. The molecular weight excluding hydrogens is 408 g/mol. The third kappa shape index (κ3) is 7.23. The first-order valence-electron chi connectivity index (χ1n) is 10.8. The second kappa shape index (κ2) is 11.6. The Balaban J connectivity index is 1.55. The fourth-order valence-corrected chi connectivity index (χ4v) is 3.50. The zero-order valence-electron chi connectivity index (χ0n) is 17.8. The van der Waals surface area contributed by atoms with Gasteiger partial charge >= 0.3 is 5.97 Å². The van der Waals surface area contributed by atoms with Gasteiger partial charge in [-0.1, -0.05) is 42.8 Å². The second-order valence-electron chi connectivity index (χ2n) is 7.66. The number of aliphatic carboxylic acids is 1.